The number of aromatic nitrogens is 1. The number of para-hydroxylation sites is 1. The average molecular weight is 346 g/mol. The van der Waals surface area contributed by atoms with Crippen LogP contribution in [0.1, 0.15) is 13.8 Å². The lowest BCUT2D eigenvalue weighted by molar-refractivity contribution is 0.665. The van der Waals surface area contributed by atoms with Crippen molar-refractivity contribution in [2.24, 2.45) is 4.99 Å². The number of thioether (sulfide) groups is 1. The number of fused-ring (bicyclic) bond motifs is 1. The van der Waals surface area contributed by atoms with Crippen molar-refractivity contribution in [2.45, 2.75) is 18.6 Å². The van der Waals surface area contributed by atoms with E-state index in [1.165, 1.54) is 0 Å². The molecule has 0 aliphatic heterocycles. The molecule has 5 nitrogen and oxygen atoms in total. The maximum atomic E-state index is 4.60. The van der Waals surface area contributed by atoms with E-state index in [1.807, 2.05) is 36.0 Å². The van der Waals surface area contributed by atoms with Gasteiger partial charge in [-0.1, -0.05) is 18.2 Å². The Morgan fingerprint density at radius 2 is 1.92 bits per heavy atom. The number of rotatable bonds is 7. The molecular formula is C18H27N5S. The molecule has 0 aliphatic carbocycles. The number of guanidine groups is 1. The zero-order valence-corrected chi connectivity index (χ0v) is 15.7. The smallest absolute Gasteiger partial charge is 0.191 e. The van der Waals surface area contributed by atoms with Crippen molar-refractivity contribution in [1.29, 1.82) is 0 Å². The van der Waals surface area contributed by atoms with E-state index in [2.05, 4.69) is 58.2 Å². The van der Waals surface area contributed by atoms with Crippen LogP contribution in [0.3, 0.4) is 0 Å². The molecule has 0 unspecified atom stereocenters. The van der Waals surface area contributed by atoms with Gasteiger partial charge < -0.3 is 16.0 Å². The second-order valence-corrected chi connectivity index (χ2v) is 7.65. The molecule has 0 radical (unpaired) electrons. The van der Waals surface area contributed by atoms with E-state index in [-0.39, 0.29) is 4.75 Å². The molecule has 1 aromatic heterocycles. The van der Waals surface area contributed by atoms with Crippen LogP contribution in [0, 0.1) is 0 Å². The van der Waals surface area contributed by atoms with Crippen LogP contribution in [0.25, 0.3) is 10.9 Å². The number of nitrogens with zero attached hydrogens (tertiary/aromatic N) is 2. The second-order valence-electron chi connectivity index (χ2n) is 6.13. The summed E-state index contributed by atoms with van der Waals surface area (Å²) in [5, 5.41) is 11.2. The van der Waals surface area contributed by atoms with Crippen LogP contribution in [0.4, 0.5) is 5.82 Å². The third kappa shape index (κ3) is 5.60. The number of aliphatic imine (C=N–C) groups is 1. The van der Waals surface area contributed by atoms with Crippen LogP contribution in [-0.4, -0.2) is 48.6 Å². The SMILES string of the molecule is CN=C(NCCNc1ccc2ccccc2n1)NCC(C)(C)SC. The van der Waals surface area contributed by atoms with Crippen molar-refractivity contribution in [3.8, 4) is 0 Å². The van der Waals surface area contributed by atoms with Crippen LogP contribution in [-0.2, 0) is 0 Å². The third-order valence-electron chi connectivity index (χ3n) is 3.78. The van der Waals surface area contributed by atoms with Crippen molar-refractivity contribution in [3.63, 3.8) is 0 Å². The van der Waals surface area contributed by atoms with E-state index in [1.54, 1.807) is 7.05 Å². The molecule has 0 saturated heterocycles. The molecular weight excluding hydrogens is 318 g/mol. The van der Waals surface area contributed by atoms with Crippen molar-refractivity contribution in [2.75, 3.05) is 38.3 Å². The minimum atomic E-state index is 0.185. The zero-order chi connectivity index (χ0) is 17.4. The van der Waals surface area contributed by atoms with Gasteiger partial charge in [0.25, 0.3) is 0 Å². The highest BCUT2D eigenvalue weighted by Gasteiger charge is 2.15. The van der Waals surface area contributed by atoms with Gasteiger partial charge in [-0.25, -0.2) is 4.98 Å². The Balaban J connectivity index is 1.76. The van der Waals surface area contributed by atoms with Gasteiger partial charge in [-0.3, -0.25) is 4.99 Å². The van der Waals surface area contributed by atoms with Crippen LogP contribution < -0.4 is 16.0 Å². The Bertz CT molecular complexity index is 684. The van der Waals surface area contributed by atoms with Crippen molar-refractivity contribution < 1.29 is 0 Å². The van der Waals surface area contributed by atoms with E-state index in [4.69, 9.17) is 0 Å². The monoisotopic (exact) mass is 345 g/mol. The van der Waals surface area contributed by atoms with Crippen molar-refractivity contribution in [3.05, 3.63) is 36.4 Å². The molecule has 3 N–H and O–H groups in total. The summed E-state index contributed by atoms with van der Waals surface area (Å²) in [4.78, 5) is 8.86. The first-order valence-electron chi connectivity index (χ1n) is 8.13. The summed E-state index contributed by atoms with van der Waals surface area (Å²) < 4.78 is 0.185. The maximum absolute atomic E-state index is 4.60. The lowest BCUT2D eigenvalue weighted by Crippen LogP contribution is -2.44. The second kappa shape index (κ2) is 8.78. The minimum absolute atomic E-state index is 0.185. The highest BCUT2D eigenvalue weighted by molar-refractivity contribution is 7.99. The van der Waals surface area contributed by atoms with Gasteiger partial charge in [-0.2, -0.15) is 11.8 Å². The molecule has 0 spiro atoms. The average Bonchev–Trinajstić information content (AvgIpc) is 2.61. The molecule has 2 rings (SSSR count). The van der Waals surface area contributed by atoms with Crippen LogP contribution in [0.5, 0.6) is 0 Å². The van der Waals surface area contributed by atoms with Crippen LogP contribution in [0.2, 0.25) is 0 Å². The number of benzene rings is 1. The molecule has 130 valence electrons. The third-order valence-corrected chi connectivity index (χ3v) is 5.03. The summed E-state index contributed by atoms with van der Waals surface area (Å²) in [5.74, 6) is 1.72. The molecule has 24 heavy (non-hydrogen) atoms. The number of nitrogens with one attached hydrogen (secondary N) is 3. The van der Waals surface area contributed by atoms with Gasteiger partial charge in [0.05, 0.1) is 5.52 Å². The van der Waals surface area contributed by atoms with Gasteiger partial charge in [0.2, 0.25) is 0 Å². The molecule has 0 amide bonds. The molecule has 0 saturated carbocycles. The van der Waals surface area contributed by atoms with Gasteiger partial charge in [-0.05, 0) is 38.3 Å². The maximum Gasteiger partial charge on any atom is 0.191 e. The quantitative estimate of drug-likeness (QED) is 0.409. The first-order chi connectivity index (χ1) is 11.5. The molecule has 0 atom stereocenters. The summed E-state index contributed by atoms with van der Waals surface area (Å²) in [6.07, 6.45) is 2.12. The van der Waals surface area contributed by atoms with E-state index in [0.29, 0.717) is 0 Å². The molecule has 0 fully saturated rings. The molecule has 0 bridgehead atoms. The molecule has 1 aromatic carbocycles. The van der Waals surface area contributed by atoms with Crippen molar-refractivity contribution in [1.82, 2.24) is 15.6 Å². The topological polar surface area (TPSA) is 61.3 Å². The van der Waals surface area contributed by atoms with E-state index in [9.17, 15) is 0 Å². The van der Waals surface area contributed by atoms with E-state index in [0.717, 1.165) is 42.3 Å². The molecule has 0 aliphatic rings. The van der Waals surface area contributed by atoms with Gasteiger partial charge in [0, 0.05) is 36.8 Å². The fourth-order valence-corrected chi connectivity index (χ4v) is 2.34. The molecule has 6 heteroatoms. The number of hydrogen-bond donors (Lipinski definition) is 3. The van der Waals surface area contributed by atoms with Crippen LogP contribution in [0.15, 0.2) is 41.4 Å². The Hall–Kier alpha value is -1.95. The summed E-state index contributed by atoms with van der Waals surface area (Å²) in [6.45, 7) is 6.84. The largest absolute Gasteiger partial charge is 0.368 e. The first-order valence-corrected chi connectivity index (χ1v) is 9.36. The van der Waals surface area contributed by atoms with Gasteiger partial charge >= 0.3 is 0 Å². The fourth-order valence-electron chi connectivity index (χ4n) is 2.13. The normalized spacial score (nSPS) is 12.2. The Kier molecular flexibility index (Phi) is 6.73. The number of anilines is 1. The predicted molar refractivity (Wildman–Crippen MR) is 107 cm³/mol. The summed E-state index contributed by atoms with van der Waals surface area (Å²) in [7, 11) is 1.79. The van der Waals surface area contributed by atoms with Gasteiger partial charge in [0.15, 0.2) is 5.96 Å². The Labute approximate surface area is 148 Å². The Morgan fingerprint density at radius 3 is 2.67 bits per heavy atom. The highest BCUT2D eigenvalue weighted by atomic mass is 32.2. The van der Waals surface area contributed by atoms with E-state index < -0.39 is 0 Å². The summed E-state index contributed by atoms with van der Waals surface area (Å²) in [6, 6.07) is 12.2. The van der Waals surface area contributed by atoms with Crippen LogP contribution >= 0.6 is 11.8 Å². The van der Waals surface area contributed by atoms with Gasteiger partial charge in [-0.15, -0.1) is 0 Å². The van der Waals surface area contributed by atoms with E-state index >= 15 is 0 Å². The lowest BCUT2D eigenvalue weighted by atomic mass is 10.2. The standard InChI is InChI=1S/C18H27N5S/c1-18(2,24-4)13-22-17(19-3)21-12-11-20-16-10-9-14-7-5-6-8-15(14)23-16/h5-10H,11-13H2,1-4H3,(H,20,23)(H2,19,21,22). The number of hydrogen-bond acceptors (Lipinski definition) is 4. The minimum Gasteiger partial charge on any atom is -0.368 e. The molecule has 2 aromatic rings. The Morgan fingerprint density at radius 1 is 1.12 bits per heavy atom. The predicted octanol–water partition coefficient (Wildman–Crippen LogP) is 2.95. The lowest BCUT2D eigenvalue weighted by Gasteiger charge is -2.23. The fraction of sp³-hybridized carbons (Fsp3) is 0.444. The summed E-state index contributed by atoms with van der Waals surface area (Å²) in [5.41, 5.74) is 1.01. The highest BCUT2D eigenvalue weighted by Crippen LogP contribution is 2.19. The molecule has 1 heterocycles. The van der Waals surface area contributed by atoms with Gasteiger partial charge in [0.1, 0.15) is 5.82 Å². The number of pyridine rings is 1. The zero-order valence-electron chi connectivity index (χ0n) is 14.9. The summed E-state index contributed by atoms with van der Waals surface area (Å²) >= 11 is 1.84. The first kappa shape index (κ1) is 18.4. The van der Waals surface area contributed by atoms with Crippen molar-refractivity contribution >= 4 is 34.4 Å².